The van der Waals surface area contributed by atoms with Gasteiger partial charge in [0.2, 0.25) is 5.91 Å². The van der Waals surface area contributed by atoms with Crippen LogP contribution in [0.15, 0.2) is 0 Å². The molecule has 0 aliphatic heterocycles. The number of ether oxygens (including phenoxy) is 1. The number of carbonyl (C=O) groups is 1. The van der Waals surface area contributed by atoms with Crippen molar-refractivity contribution in [2.45, 2.75) is 26.3 Å². The Balaban J connectivity index is 3.14. The van der Waals surface area contributed by atoms with E-state index >= 15 is 0 Å². The van der Waals surface area contributed by atoms with Crippen molar-refractivity contribution in [3.8, 4) is 0 Å². The molecule has 0 aromatic heterocycles. The standard InChI is InChI=1S/C8H18N2O2/c1-3-5-12-6-4-10-8(11)7(2)9/h7H,3-6,9H2,1-2H3,(H,10,11). The third-order valence-corrected chi connectivity index (χ3v) is 1.31. The van der Waals surface area contributed by atoms with Gasteiger partial charge >= 0.3 is 0 Å². The van der Waals surface area contributed by atoms with E-state index in [2.05, 4.69) is 5.32 Å². The van der Waals surface area contributed by atoms with Crippen molar-refractivity contribution >= 4 is 5.91 Å². The average Bonchev–Trinajstić information content (AvgIpc) is 2.03. The highest BCUT2D eigenvalue weighted by molar-refractivity contribution is 5.80. The van der Waals surface area contributed by atoms with Gasteiger partial charge in [0, 0.05) is 13.2 Å². The lowest BCUT2D eigenvalue weighted by Crippen LogP contribution is -2.39. The topological polar surface area (TPSA) is 64.3 Å². The van der Waals surface area contributed by atoms with Crippen LogP contribution in [-0.4, -0.2) is 31.7 Å². The SMILES string of the molecule is CCCOCCNC(=O)C(C)N. The minimum Gasteiger partial charge on any atom is -0.380 e. The lowest BCUT2D eigenvalue weighted by Gasteiger charge is -2.07. The maximum atomic E-state index is 10.9. The fraction of sp³-hybridized carbons (Fsp3) is 0.875. The zero-order valence-electron chi connectivity index (χ0n) is 7.80. The van der Waals surface area contributed by atoms with Gasteiger partial charge in [-0.25, -0.2) is 0 Å². The number of nitrogens with two attached hydrogens (primary N) is 1. The lowest BCUT2D eigenvalue weighted by atomic mass is 10.3. The quantitative estimate of drug-likeness (QED) is 0.552. The maximum absolute atomic E-state index is 10.9. The molecule has 0 fully saturated rings. The van der Waals surface area contributed by atoms with Gasteiger partial charge in [0.1, 0.15) is 0 Å². The number of hydrogen-bond donors (Lipinski definition) is 2. The highest BCUT2D eigenvalue weighted by Gasteiger charge is 2.04. The molecular formula is C8H18N2O2. The van der Waals surface area contributed by atoms with Crippen LogP contribution in [-0.2, 0) is 9.53 Å². The van der Waals surface area contributed by atoms with Gasteiger partial charge in [0.25, 0.3) is 0 Å². The number of hydrogen-bond acceptors (Lipinski definition) is 3. The van der Waals surface area contributed by atoms with E-state index in [0.717, 1.165) is 13.0 Å². The normalized spacial score (nSPS) is 12.6. The largest absolute Gasteiger partial charge is 0.380 e. The molecule has 1 amide bonds. The fourth-order valence-corrected chi connectivity index (χ4v) is 0.654. The first-order valence-electron chi connectivity index (χ1n) is 4.29. The van der Waals surface area contributed by atoms with Gasteiger partial charge in [0.15, 0.2) is 0 Å². The summed E-state index contributed by atoms with van der Waals surface area (Å²) in [5, 5.41) is 2.65. The van der Waals surface area contributed by atoms with Crippen LogP contribution in [0.5, 0.6) is 0 Å². The van der Waals surface area contributed by atoms with Crippen LogP contribution in [0.4, 0.5) is 0 Å². The number of amides is 1. The Hall–Kier alpha value is -0.610. The second kappa shape index (κ2) is 7.06. The molecule has 0 saturated heterocycles. The van der Waals surface area contributed by atoms with E-state index in [-0.39, 0.29) is 5.91 Å². The number of carbonyl (C=O) groups excluding carboxylic acids is 1. The second-order valence-corrected chi connectivity index (χ2v) is 2.69. The van der Waals surface area contributed by atoms with Gasteiger partial charge in [-0.2, -0.15) is 0 Å². The van der Waals surface area contributed by atoms with Crippen LogP contribution in [0.1, 0.15) is 20.3 Å². The number of nitrogens with one attached hydrogen (secondary N) is 1. The summed E-state index contributed by atoms with van der Waals surface area (Å²) in [5.41, 5.74) is 5.32. The van der Waals surface area contributed by atoms with Crippen LogP contribution in [0, 0.1) is 0 Å². The molecule has 0 aliphatic carbocycles. The Labute approximate surface area is 73.5 Å². The average molecular weight is 174 g/mol. The van der Waals surface area contributed by atoms with E-state index in [9.17, 15) is 4.79 Å². The molecule has 1 unspecified atom stereocenters. The molecule has 0 saturated carbocycles. The predicted molar refractivity (Wildman–Crippen MR) is 47.8 cm³/mol. The zero-order chi connectivity index (χ0) is 9.40. The van der Waals surface area contributed by atoms with E-state index in [1.807, 2.05) is 6.92 Å². The van der Waals surface area contributed by atoms with Gasteiger partial charge in [-0.05, 0) is 13.3 Å². The summed E-state index contributed by atoms with van der Waals surface area (Å²) >= 11 is 0. The Morgan fingerprint density at radius 2 is 2.25 bits per heavy atom. The van der Waals surface area contributed by atoms with Crippen molar-refractivity contribution < 1.29 is 9.53 Å². The van der Waals surface area contributed by atoms with E-state index in [0.29, 0.717) is 13.2 Å². The zero-order valence-corrected chi connectivity index (χ0v) is 7.80. The molecule has 3 N–H and O–H groups in total. The first-order chi connectivity index (χ1) is 5.68. The van der Waals surface area contributed by atoms with Crippen molar-refractivity contribution in [1.29, 1.82) is 0 Å². The molecule has 0 spiro atoms. The lowest BCUT2D eigenvalue weighted by molar-refractivity contribution is -0.122. The Morgan fingerprint density at radius 1 is 1.58 bits per heavy atom. The molecule has 12 heavy (non-hydrogen) atoms. The van der Waals surface area contributed by atoms with Crippen LogP contribution in [0.25, 0.3) is 0 Å². The molecule has 0 radical (unpaired) electrons. The van der Waals surface area contributed by atoms with Gasteiger partial charge in [-0.3, -0.25) is 4.79 Å². The van der Waals surface area contributed by atoms with Crippen molar-refractivity contribution in [3.63, 3.8) is 0 Å². The Kier molecular flexibility index (Phi) is 6.70. The van der Waals surface area contributed by atoms with Crippen molar-refractivity contribution in [3.05, 3.63) is 0 Å². The molecule has 0 aliphatic rings. The summed E-state index contributed by atoms with van der Waals surface area (Å²) in [7, 11) is 0. The smallest absolute Gasteiger partial charge is 0.236 e. The minimum absolute atomic E-state index is 0.130. The summed E-state index contributed by atoms with van der Waals surface area (Å²) < 4.78 is 5.16. The molecular weight excluding hydrogens is 156 g/mol. The summed E-state index contributed by atoms with van der Waals surface area (Å²) in [6, 6.07) is -0.434. The van der Waals surface area contributed by atoms with Crippen molar-refractivity contribution in [2.75, 3.05) is 19.8 Å². The van der Waals surface area contributed by atoms with E-state index in [1.165, 1.54) is 0 Å². The second-order valence-electron chi connectivity index (χ2n) is 2.69. The minimum atomic E-state index is -0.434. The first kappa shape index (κ1) is 11.4. The molecule has 0 bridgehead atoms. The summed E-state index contributed by atoms with van der Waals surface area (Å²) in [6.07, 6.45) is 1.00. The van der Waals surface area contributed by atoms with E-state index in [1.54, 1.807) is 6.92 Å². The molecule has 0 aromatic carbocycles. The van der Waals surface area contributed by atoms with Crippen molar-refractivity contribution in [2.24, 2.45) is 5.73 Å². The van der Waals surface area contributed by atoms with Gasteiger partial charge in [0.05, 0.1) is 12.6 Å². The maximum Gasteiger partial charge on any atom is 0.236 e. The fourth-order valence-electron chi connectivity index (χ4n) is 0.654. The molecule has 72 valence electrons. The van der Waals surface area contributed by atoms with E-state index in [4.69, 9.17) is 10.5 Å². The molecule has 0 aromatic rings. The van der Waals surface area contributed by atoms with E-state index < -0.39 is 6.04 Å². The van der Waals surface area contributed by atoms with Crippen LogP contribution in [0.3, 0.4) is 0 Å². The third kappa shape index (κ3) is 6.12. The first-order valence-corrected chi connectivity index (χ1v) is 4.29. The Bertz CT molecular complexity index is 126. The van der Waals surface area contributed by atoms with Crippen molar-refractivity contribution in [1.82, 2.24) is 5.32 Å². The summed E-state index contributed by atoms with van der Waals surface area (Å²) in [5.74, 6) is -0.130. The molecule has 4 nitrogen and oxygen atoms in total. The highest BCUT2D eigenvalue weighted by Crippen LogP contribution is 1.79. The molecule has 4 heteroatoms. The predicted octanol–water partition coefficient (Wildman–Crippen LogP) is -0.124. The third-order valence-electron chi connectivity index (χ3n) is 1.31. The molecule has 0 heterocycles. The summed E-state index contributed by atoms with van der Waals surface area (Å²) in [4.78, 5) is 10.9. The van der Waals surface area contributed by atoms with Gasteiger partial charge < -0.3 is 15.8 Å². The van der Waals surface area contributed by atoms with Crippen LogP contribution >= 0.6 is 0 Å². The van der Waals surface area contributed by atoms with Gasteiger partial charge in [-0.15, -0.1) is 0 Å². The summed E-state index contributed by atoms with van der Waals surface area (Å²) in [6.45, 7) is 5.55. The van der Waals surface area contributed by atoms with Gasteiger partial charge in [-0.1, -0.05) is 6.92 Å². The van der Waals surface area contributed by atoms with Crippen LogP contribution < -0.4 is 11.1 Å². The molecule has 0 rings (SSSR count). The van der Waals surface area contributed by atoms with Crippen LogP contribution in [0.2, 0.25) is 0 Å². The molecule has 1 atom stereocenters. The Morgan fingerprint density at radius 3 is 2.75 bits per heavy atom. The number of rotatable bonds is 6. The monoisotopic (exact) mass is 174 g/mol. The highest BCUT2D eigenvalue weighted by atomic mass is 16.5.